The summed E-state index contributed by atoms with van der Waals surface area (Å²) in [5.74, 6) is 2.66. The third-order valence-corrected chi connectivity index (χ3v) is 6.58. The summed E-state index contributed by atoms with van der Waals surface area (Å²) in [7, 11) is 0. The predicted octanol–water partition coefficient (Wildman–Crippen LogP) is 6.50. The number of halogens is 1. The topological polar surface area (TPSA) is 0 Å². The number of hydrogen-bond acceptors (Lipinski definition) is 0. The van der Waals surface area contributed by atoms with Crippen LogP contribution >= 0.6 is 11.6 Å². The lowest BCUT2D eigenvalue weighted by molar-refractivity contribution is 0.127. The summed E-state index contributed by atoms with van der Waals surface area (Å²) in [6.45, 7) is 6.65. The van der Waals surface area contributed by atoms with Gasteiger partial charge in [0.2, 0.25) is 0 Å². The third-order valence-electron chi connectivity index (χ3n) is 6.01. The van der Waals surface area contributed by atoms with Crippen LogP contribution in [-0.2, 0) is 0 Å². The number of rotatable bonds is 2. The molecule has 0 nitrogen and oxygen atoms in total. The van der Waals surface area contributed by atoms with Crippen molar-refractivity contribution in [2.75, 3.05) is 0 Å². The number of benzene rings is 1. The van der Waals surface area contributed by atoms with Crippen LogP contribution in [0.1, 0.15) is 72.6 Å². The van der Waals surface area contributed by atoms with Crippen LogP contribution < -0.4 is 0 Å². The molecule has 1 aromatic carbocycles. The summed E-state index contributed by atoms with van der Waals surface area (Å²) < 4.78 is 0. The molecule has 0 N–H and O–H groups in total. The van der Waals surface area contributed by atoms with E-state index in [9.17, 15) is 0 Å². The highest BCUT2D eigenvalue weighted by atomic mass is 35.5. The van der Waals surface area contributed by atoms with Gasteiger partial charge < -0.3 is 0 Å². The number of aryl methyl sites for hydroxylation is 3. The predicted molar refractivity (Wildman–Crippen MR) is 92.0 cm³/mol. The van der Waals surface area contributed by atoms with Gasteiger partial charge in [-0.1, -0.05) is 43.4 Å². The largest absolute Gasteiger partial charge is 0.118 e. The molecule has 3 rings (SSSR count). The Bertz CT molecular complexity index is 482. The van der Waals surface area contributed by atoms with E-state index in [1.807, 2.05) is 0 Å². The molecule has 0 amide bonds. The maximum atomic E-state index is 6.98. The SMILES string of the molecule is Cc1cc(C)c(C(Cl)C2CCC3CCCCC3C2)c(C)c1. The highest BCUT2D eigenvalue weighted by Crippen LogP contribution is 2.48. The van der Waals surface area contributed by atoms with Crippen molar-refractivity contribution in [3.8, 4) is 0 Å². The van der Waals surface area contributed by atoms with E-state index in [-0.39, 0.29) is 5.38 Å². The Morgan fingerprint density at radius 3 is 2.19 bits per heavy atom. The van der Waals surface area contributed by atoms with Gasteiger partial charge >= 0.3 is 0 Å². The molecule has 0 saturated heterocycles. The Labute approximate surface area is 135 Å². The van der Waals surface area contributed by atoms with Crippen molar-refractivity contribution < 1.29 is 0 Å². The lowest BCUT2D eigenvalue weighted by Crippen LogP contribution is -2.29. The maximum Gasteiger partial charge on any atom is 0.0618 e. The molecule has 2 fully saturated rings. The molecule has 2 aliphatic rings. The highest BCUT2D eigenvalue weighted by Gasteiger charge is 2.35. The normalized spacial score (nSPS) is 30.8. The van der Waals surface area contributed by atoms with Crippen molar-refractivity contribution in [1.82, 2.24) is 0 Å². The molecule has 4 unspecified atom stereocenters. The van der Waals surface area contributed by atoms with Gasteiger partial charge in [0, 0.05) is 0 Å². The Hall–Kier alpha value is -0.490. The van der Waals surface area contributed by atoms with Crippen molar-refractivity contribution in [2.45, 2.75) is 71.1 Å². The van der Waals surface area contributed by atoms with Gasteiger partial charge in [-0.15, -0.1) is 11.6 Å². The van der Waals surface area contributed by atoms with Crippen LogP contribution in [0.15, 0.2) is 12.1 Å². The van der Waals surface area contributed by atoms with Gasteiger partial charge in [0.1, 0.15) is 0 Å². The molecule has 0 aliphatic heterocycles. The van der Waals surface area contributed by atoms with E-state index >= 15 is 0 Å². The van der Waals surface area contributed by atoms with E-state index in [0.29, 0.717) is 5.92 Å². The standard InChI is InChI=1S/C20H29Cl/c1-13-10-14(2)19(15(3)11-13)20(21)18-9-8-16-6-4-5-7-17(16)12-18/h10-11,16-18,20H,4-9,12H2,1-3H3. The first-order chi connectivity index (χ1) is 10.1. The molecule has 21 heavy (non-hydrogen) atoms. The fourth-order valence-corrected chi connectivity index (χ4v) is 5.61. The van der Waals surface area contributed by atoms with Gasteiger partial charge in [-0.2, -0.15) is 0 Å². The molecule has 0 aromatic heterocycles. The van der Waals surface area contributed by atoms with Crippen LogP contribution in [0, 0.1) is 38.5 Å². The summed E-state index contributed by atoms with van der Waals surface area (Å²) in [4.78, 5) is 0. The third kappa shape index (κ3) is 3.16. The Balaban J connectivity index is 1.78. The van der Waals surface area contributed by atoms with E-state index in [4.69, 9.17) is 11.6 Å². The monoisotopic (exact) mass is 304 g/mol. The molecule has 0 spiro atoms. The van der Waals surface area contributed by atoms with Crippen molar-refractivity contribution in [3.05, 3.63) is 34.4 Å². The summed E-state index contributed by atoms with van der Waals surface area (Å²) in [5.41, 5.74) is 5.55. The van der Waals surface area contributed by atoms with Gasteiger partial charge in [-0.05, 0) is 74.5 Å². The Morgan fingerprint density at radius 2 is 1.52 bits per heavy atom. The molecule has 0 radical (unpaired) electrons. The Morgan fingerprint density at radius 1 is 0.905 bits per heavy atom. The second-order valence-electron chi connectivity index (χ2n) is 7.59. The molecule has 0 bridgehead atoms. The minimum atomic E-state index is 0.216. The summed E-state index contributed by atoms with van der Waals surface area (Å²) >= 11 is 6.98. The first kappa shape index (κ1) is 15.4. The minimum Gasteiger partial charge on any atom is -0.118 e. The van der Waals surface area contributed by atoms with E-state index in [1.165, 1.54) is 67.2 Å². The molecule has 2 saturated carbocycles. The summed E-state index contributed by atoms with van der Waals surface area (Å²) in [6, 6.07) is 4.59. The quantitative estimate of drug-likeness (QED) is 0.547. The number of alkyl halides is 1. The number of fused-ring (bicyclic) bond motifs is 1. The van der Waals surface area contributed by atoms with Gasteiger partial charge in [0.25, 0.3) is 0 Å². The fraction of sp³-hybridized carbons (Fsp3) is 0.700. The van der Waals surface area contributed by atoms with Crippen molar-refractivity contribution in [1.29, 1.82) is 0 Å². The first-order valence-electron chi connectivity index (χ1n) is 8.78. The van der Waals surface area contributed by atoms with Gasteiger partial charge in [-0.25, -0.2) is 0 Å². The maximum absolute atomic E-state index is 6.98. The fourth-order valence-electron chi connectivity index (χ4n) is 5.04. The summed E-state index contributed by atoms with van der Waals surface area (Å²) in [5, 5.41) is 0.216. The van der Waals surface area contributed by atoms with E-state index < -0.39 is 0 Å². The molecule has 1 aromatic rings. The molecular formula is C20H29Cl. The lowest BCUT2D eigenvalue weighted by Gasteiger charge is -2.41. The molecule has 2 aliphatic carbocycles. The van der Waals surface area contributed by atoms with Crippen LogP contribution in [0.4, 0.5) is 0 Å². The zero-order valence-corrected chi connectivity index (χ0v) is 14.5. The first-order valence-corrected chi connectivity index (χ1v) is 9.21. The highest BCUT2D eigenvalue weighted by molar-refractivity contribution is 6.21. The average Bonchev–Trinajstić information content (AvgIpc) is 2.45. The average molecular weight is 305 g/mol. The van der Waals surface area contributed by atoms with Gasteiger partial charge in [0.15, 0.2) is 0 Å². The lowest BCUT2D eigenvalue weighted by atomic mass is 9.66. The Kier molecular flexibility index (Phi) is 4.64. The smallest absolute Gasteiger partial charge is 0.0618 e. The van der Waals surface area contributed by atoms with Crippen LogP contribution in [0.5, 0.6) is 0 Å². The molecule has 1 heteroatoms. The molecule has 4 atom stereocenters. The van der Waals surface area contributed by atoms with Crippen molar-refractivity contribution >= 4 is 11.6 Å². The minimum absolute atomic E-state index is 0.216. The van der Waals surface area contributed by atoms with Gasteiger partial charge in [-0.3, -0.25) is 0 Å². The van der Waals surface area contributed by atoms with Crippen LogP contribution in [-0.4, -0.2) is 0 Å². The number of hydrogen-bond donors (Lipinski definition) is 0. The van der Waals surface area contributed by atoms with Crippen LogP contribution in [0.3, 0.4) is 0 Å². The van der Waals surface area contributed by atoms with E-state index in [1.54, 1.807) is 0 Å². The zero-order chi connectivity index (χ0) is 15.0. The van der Waals surface area contributed by atoms with Crippen LogP contribution in [0.25, 0.3) is 0 Å². The molecule has 116 valence electrons. The van der Waals surface area contributed by atoms with E-state index in [0.717, 1.165) is 11.8 Å². The second-order valence-corrected chi connectivity index (χ2v) is 8.06. The van der Waals surface area contributed by atoms with E-state index in [2.05, 4.69) is 32.9 Å². The van der Waals surface area contributed by atoms with Crippen LogP contribution in [0.2, 0.25) is 0 Å². The van der Waals surface area contributed by atoms with Crippen molar-refractivity contribution in [2.24, 2.45) is 17.8 Å². The molecular weight excluding hydrogens is 276 g/mol. The van der Waals surface area contributed by atoms with Crippen molar-refractivity contribution in [3.63, 3.8) is 0 Å². The second kappa shape index (κ2) is 6.32. The van der Waals surface area contributed by atoms with Gasteiger partial charge in [0.05, 0.1) is 5.38 Å². The summed E-state index contributed by atoms with van der Waals surface area (Å²) in [6.07, 6.45) is 9.97. The molecule has 0 heterocycles. The zero-order valence-electron chi connectivity index (χ0n) is 13.8.